The van der Waals surface area contributed by atoms with Gasteiger partial charge in [-0.3, -0.25) is 4.79 Å². The summed E-state index contributed by atoms with van der Waals surface area (Å²) in [7, 11) is 0. The summed E-state index contributed by atoms with van der Waals surface area (Å²) >= 11 is 6.13. The van der Waals surface area contributed by atoms with Gasteiger partial charge in [-0.15, -0.1) is 0 Å². The number of amides is 2. The Morgan fingerprint density at radius 2 is 1.54 bits per heavy atom. The van der Waals surface area contributed by atoms with Gasteiger partial charge in [0.2, 0.25) is 0 Å². The minimum Gasteiger partial charge on any atom is -0.444 e. The summed E-state index contributed by atoms with van der Waals surface area (Å²) in [6.07, 6.45) is 2.22. The second kappa shape index (κ2) is 11.3. The van der Waals surface area contributed by atoms with Gasteiger partial charge in [0.25, 0.3) is 5.91 Å². The molecule has 37 heavy (non-hydrogen) atoms. The summed E-state index contributed by atoms with van der Waals surface area (Å²) in [5, 5.41) is 9.74. The molecule has 0 unspecified atom stereocenters. The minimum absolute atomic E-state index is 0.0315. The van der Waals surface area contributed by atoms with Crippen LogP contribution in [0.15, 0.2) is 36.5 Å². The van der Waals surface area contributed by atoms with Crippen molar-refractivity contribution in [3.8, 4) is 6.07 Å². The first-order valence-corrected chi connectivity index (χ1v) is 13.0. The number of halogens is 1. The number of ether oxygens (including phenoxy) is 1. The van der Waals surface area contributed by atoms with Crippen LogP contribution < -0.4 is 9.80 Å². The number of carbonyl (C=O) groups excluding carboxylic acids is 2. The average Bonchev–Trinajstić information content (AvgIpc) is 3.14. The van der Waals surface area contributed by atoms with Crippen LogP contribution in [0.4, 0.5) is 16.2 Å². The topological polar surface area (TPSA) is 93.0 Å². The van der Waals surface area contributed by atoms with E-state index in [1.807, 2.05) is 51.1 Å². The maximum Gasteiger partial charge on any atom is 0.410 e. The van der Waals surface area contributed by atoms with E-state index in [2.05, 4.69) is 20.9 Å². The van der Waals surface area contributed by atoms with E-state index in [-0.39, 0.29) is 17.2 Å². The van der Waals surface area contributed by atoms with Crippen LogP contribution >= 0.6 is 11.6 Å². The summed E-state index contributed by atoms with van der Waals surface area (Å²) in [6, 6.07) is 11.7. The second-order valence-corrected chi connectivity index (χ2v) is 10.6. The maximum absolute atomic E-state index is 13.1. The van der Waals surface area contributed by atoms with Gasteiger partial charge >= 0.3 is 6.09 Å². The Morgan fingerprint density at radius 3 is 2.19 bits per heavy atom. The van der Waals surface area contributed by atoms with Gasteiger partial charge in [-0.1, -0.05) is 11.6 Å². The molecule has 0 spiro atoms. The first-order valence-electron chi connectivity index (χ1n) is 12.6. The fourth-order valence-corrected chi connectivity index (χ4v) is 4.82. The highest BCUT2D eigenvalue weighted by molar-refractivity contribution is 6.30. The van der Waals surface area contributed by atoms with Crippen LogP contribution in [0.3, 0.4) is 0 Å². The zero-order valence-electron chi connectivity index (χ0n) is 21.6. The number of nitriles is 1. The summed E-state index contributed by atoms with van der Waals surface area (Å²) < 4.78 is 5.44. The van der Waals surface area contributed by atoms with Crippen LogP contribution in [0.25, 0.3) is 0 Å². The molecule has 1 aromatic heterocycles. The van der Waals surface area contributed by atoms with Gasteiger partial charge in [-0.05, 0) is 57.5 Å². The SMILES string of the molecule is CC(C)(C)OC(=O)N1CCN(C(=O)c2ccc(N3CCCN(c4ccnc(Cl)c4C#N)CC3)cc2)CC1. The molecule has 2 aliphatic rings. The molecule has 0 radical (unpaired) electrons. The Kier molecular flexibility index (Phi) is 8.08. The number of nitrogens with zero attached hydrogens (tertiary/aromatic N) is 6. The summed E-state index contributed by atoms with van der Waals surface area (Å²) in [6.45, 7) is 10.6. The molecule has 9 nitrogen and oxygen atoms in total. The highest BCUT2D eigenvalue weighted by Crippen LogP contribution is 2.27. The smallest absolute Gasteiger partial charge is 0.410 e. The van der Waals surface area contributed by atoms with E-state index < -0.39 is 5.60 Å². The molecule has 1 aromatic carbocycles. The van der Waals surface area contributed by atoms with E-state index in [1.54, 1.807) is 16.0 Å². The highest BCUT2D eigenvalue weighted by Gasteiger charge is 2.28. The molecule has 0 bridgehead atoms. The molecule has 0 N–H and O–H groups in total. The van der Waals surface area contributed by atoms with E-state index in [0.29, 0.717) is 37.3 Å². The van der Waals surface area contributed by atoms with Gasteiger partial charge in [0.1, 0.15) is 22.4 Å². The van der Waals surface area contributed by atoms with Crippen LogP contribution in [0, 0.1) is 11.3 Å². The predicted molar refractivity (Wildman–Crippen MR) is 143 cm³/mol. The van der Waals surface area contributed by atoms with Gasteiger partial charge in [0, 0.05) is 69.8 Å². The Hall–Kier alpha value is -3.51. The summed E-state index contributed by atoms with van der Waals surface area (Å²) in [5.41, 5.74) is 2.38. The normalized spacial score (nSPS) is 16.7. The van der Waals surface area contributed by atoms with Gasteiger partial charge in [-0.25, -0.2) is 9.78 Å². The minimum atomic E-state index is -0.538. The standard InChI is InChI=1S/C27H33ClN6O3/c1-27(2,3)37-26(36)34-17-15-33(16-18-34)25(35)20-5-7-21(8-6-20)31-11-4-12-32(14-13-31)23-9-10-30-24(28)22(23)19-29/h5-10H,4,11-18H2,1-3H3. The number of carbonyl (C=O) groups is 2. The van der Waals surface area contributed by atoms with Crippen LogP contribution in [0.2, 0.25) is 5.15 Å². The first kappa shape index (κ1) is 26.6. The number of hydrogen-bond acceptors (Lipinski definition) is 7. The van der Waals surface area contributed by atoms with Crippen molar-refractivity contribution in [3.63, 3.8) is 0 Å². The van der Waals surface area contributed by atoms with E-state index in [4.69, 9.17) is 16.3 Å². The third-order valence-corrected chi connectivity index (χ3v) is 6.82. The van der Waals surface area contributed by atoms with Crippen LogP contribution in [0.1, 0.15) is 43.1 Å². The Labute approximate surface area is 223 Å². The van der Waals surface area contributed by atoms with Gasteiger partial charge in [0.15, 0.2) is 0 Å². The van der Waals surface area contributed by atoms with Crippen molar-refractivity contribution in [3.05, 3.63) is 52.8 Å². The zero-order valence-corrected chi connectivity index (χ0v) is 22.4. The number of aromatic nitrogens is 1. The highest BCUT2D eigenvalue weighted by atomic mass is 35.5. The molecule has 2 saturated heterocycles. The van der Waals surface area contributed by atoms with Crippen molar-refractivity contribution in [1.82, 2.24) is 14.8 Å². The molecule has 196 valence electrons. The molecular weight excluding hydrogens is 492 g/mol. The third kappa shape index (κ3) is 6.44. The molecule has 4 rings (SSSR count). The number of piperazine rings is 1. The molecule has 2 aromatic rings. The monoisotopic (exact) mass is 524 g/mol. The lowest BCUT2D eigenvalue weighted by Crippen LogP contribution is -2.51. The fraction of sp³-hybridized carbons (Fsp3) is 0.481. The maximum atomic E-state index is 13.1. The molecule has 2 fully saturated rings. The van der Waals surface area contributed by atoms with E-state index in [0.717, 1.165) is 44.0 Å². The molecule has 0 saturated carbocycles. The van der Waals surface area contributed by atoms with Crippen LogP contribution in [-0.4, -0.2) is 84.7 Å². The number of rotatable bonds is 3. The van der Waals surface area contributed by atoms with Crippen molar-refractivity contribution in [1.29, 1.82) is 5.26 Å². The summed E-state index contributed by atoms with van der Waals surface area (Å²) in [4.78, 5) is 37.3. The second-order valence-electron chi connectivity index (χ2n) is 10.2. The Morgan fingerprint density at radius 1 is 0.919 bits per heavy atom. The van der Waals surface area contributed by atoms with Gasteiger partial charge < -0.3 is 24.3 Å². The van der Waals surface area contributed by atoms with Gasteiger partial charge in [-0.2, -0.15) is 5.26 Å². The largest absolute Gasteiger partial charge is 0.444 e. The molecule has 10 heteroatoms. The Balaban J connectivity index is 1.34. The third-order valence-electron chi connectivity index (χ3n) is 6.53. The fourth-order valence-electron chi connectivity index (χ4n) is 4.63. The van der Waals surface area contributed by atoms with E-state index in [1.165, 1.54) is 0 Å². The summed E-state index contributed by atoms with van der Waals surface area (Å²) in [5.74, 6) is -0.0315. The van der Waals surface area contributed by atoms with Gasteiger partial charge in [0.05, 0.1) is 5.69 Å². The number of pyridine rings is 1. The lowest BCUT2D eigenvalue weighted by Gasteiger charge is -2.35. The molecule has 2 aliphatic heterocycles. The van der Waals surface area contributed by atoms with Crippen molar-refractivity contribution >= 4 is 35.0 Å². The van der Waals surface area contributed by atoms with E-state index >= 15 is 0 Å². The molecule has 3 heterocycles. The van der Waals surface area contributed by atoms with Crippen LogP contribution in [-0.2, 0) is 4.74 Å². The molecule has 0 atom stereocenters. The zero-order chi connectivity index (χ0) is 26.6. The van der Waals surface area contributed by atoms with Crippen molar-refractivity contribution in [2.24, 2.45) is 0 Å². The molecule has 0 aliphatic carbocycles. The predicted octanol–water partition coefficient (Wildman–Crippen LogP) is 4.02. The quantitative estimate of drug-likeness (QED) is 0.560. The number of hydrogen-bond donors (Lipinski definition) is 0. The lowest BCUT2D eigenvalue weighted by atomic mass is 10.1. The van der Waals surface area contributed by atoms with Crippen molar-refractivity contribution < 1.29 is 14.3 Å². The van der Waals surface area contributed by atoms with Crippen LogP contribution in [0.5, 0.6) is 0 Å². The molecule has 2 amide bonds. The first-order chi connectivity index (χ1) is 17.7. The molecular formula is C27H33ClN6O3. The van der Waals surface area contributed by atoms with Crippen molar-refractivity contribution in [2.75, 3.05) is 62.2 Å². The van der Waals surface area contributed by atoms with E-state index in [9.17, 15) is 14.9 Å². The Bertz CT molecular complexity index is 1170. The lowest BCUT2D eigenvalue weighted by molar-refractivity contribution is 0.0141. The van der Waals surface area contributed by atoms with Crippen molar-refractivity contribution in [2.45, 2.75) is 32.8 Å². The number of anilines is 2. The number of benzene rings is 1. The average molecular weight is 525 g/mol.